The first-order valence-corrected chi connectivity index (χ1v) is 8.17. The molecule has 5 nitrogen and oxygen atoms in total. The summed E-state index contributed by atoms with van der Waals surface area (Å²) in [5.74, 6) is 0.814. The van der Waals surface area contributed by atoms with E-state index in [-0.39, 0.29) is 12.5 Å². The van der Waals surface area contributed by atoms with Gasteiger partial charge in [-0.2, -0.15) is 0 Å². The highest BCUT2D eigenvalue weighted by Gasteiger charge is 2.23. The third kappa shape index (κ3) is 5.27. The zero-order valence-electron chi connectivity index (χ0n) is 13.8. The van der Waals surface area contributed by atoms with E-state index in [2.05, 4.69) is 6.92 Å². The number of rotatable bonds is 6. The molecule has 0 saturated heterocycles. The maximum Gasteiger partial charge on any atom is 0.341 e. The number of hydrogen-bond donors (Lipinski definition) is 1. The highest BCUT2D eigenvalue weighted by Crippen LogP contribution is 2.31. The second kappa shape index (κ2) is 7.99. The van der Waals surface area contributed by atoms with Crippen LogP contribution in [-0.4, -0.2) is 30.6 Å². The summed E-state index contributed by atoms with van der Waals surface area (Å²) in [7, 11) is 1.78. The number of carbonyl (C=O) groups is 2. The predicted molar refractivity (Wildman–Crippen MR) is 88.7 cm³/mol. The van der Waals surface area contributed by atoms with E-state index in [9.17, 15) is 9.59 Å². The summed E-state index contributed by atoms with van der Waals surface area (Å²) in [6.07, 6.45) is 5.38. The number of benzene rings is 1. The van der Waals surface area contributed by atoms with Gasteiger partial charge in [0, 0.05) is 19.2 Å². The number of amides is 1. The quantitative estimate of drug-likeness (QED) is 0.873. The summed E-state index contributed by atoms with van der Waals surface area (Å²) >= 11 is 0. The molecule has 0 bridgehead atoms. The van der Waals surface area contributed by atoms with Crippen LogP contribution in [0.4, 0.5) is 5.69 Å². The lowest BCUT2D eigenvalue weighted by atomic mass is 9.80. The highest BCUT2D eigenvalue weighted by atomic mass is 16.5. The van der Waals surface area contributed by atoms with Gasteiger partial charge in [-0.3, -0.25) is 4.79 Å². The van der Waals surface area contributed by atoms with Crippen LogP contribution >= 0.6 is 0 Å². The Morgan fingerprint density at radius 2 is 1.96 bits per heavy atom. The Bertz CT molecular complexity index is 540. The molecule has 0 aliphatic heterocycles. The van der Waals surface area contributed by atoms with Crippen molar-refractivity contribution in [2.75, 3.05) is 18.6 Å². The first-order chi connectivity index (χ1) is 11.0. The first-order valence-electron chi connectivity index (χ1n) is 8.17. The summed E-state index contributed by atoms with van der Waals surface area (Å²) in [6, 6.07) is 6.92. The maximum absolute atomic E-state index is 12.4. The SMILES string of the molecule is CC1CCCC(CC(=O)N(C)c2ccc(OCC(=O)O)cc2)C1. The van der Waals surface area contributed by atoms with Gasteiger partial charge in [0.25, 0.3) is 0 Å². The number of carbonyl (C=O) groups excluding carboxylic acids is 1. The smallest absolute Gasteiger partial charge is 0.341 e. The highest BCUT2D eigenvalue weighted by molar-refractivity contribution is 5.93. The molecule has 2 atom stereocenters. The van der Waals surface area contributed by atoms with Gasteiger partial charge in [0.15, 0.2) is 6.61 Å². The molecule has 0 heterocycles. The number of nitrogens with zero attached hydrogens (tertiary/aromatic N) is 1. The molecule has 2 rings (SSSR count). The average molecular weight is 319 g/mol. The van der Waals surface area contributed by atoms with Gasteiger partial charge in [0.2, 0.25) is 5.91 Å². The average Bonchev–Trinajstić information content (AvgIpc) is 2.52. The third-order valence-corrected chi connectivity index (χ3v) is 4.47. The largest absolute Gasteiger partial charge is 0.482 e. The molecule has 1 N–H and O–H groups in total. The van der Waals surface area contributed by atoms with Crippen LogP contribution in [-0.2, 0) is 9.59 Å². The standard InChI is InChI=1S/C18H25NO4/c1-13-4-3-5-14(10-13)11-17(20)19(2)15-6-8-16(9-7-15)23-12-18(21)22/h6-9,13-14H,3-5,10-12H2,1-2H3,(H,21,22). The van der Waals surface area contributed by atoms with Crippen molar-refractivity contribution in [2.45, 2.75) is 39.0 Å². The van der Waals surface area contributed by atoms with Crippen LogP contribution in [0.5, 0.6) is 5.75 Å². The van der Waals surface area contributed by atoms with Crippen molar-refractivity contribution < 1.29 is 19.4 Å². The van der Waals surface area contributed by atoms with Crippen molar-refractivity contribution in [3.63, 3.8) is 0 Å². The predicted octanol–water partition coefficient (Wildman–Crippen LogP) is 3.33. The number of carboxylic acid groups (broad SMARTS) is 1. The molecule has 1 aliphatic carbocycles. The minimum atomic E-state index is -1.01. The molecular weight excluding hydrogens is 294 g/mol. The van der Waals surface area contributed by atoms with E-state index in [0.29, 0.717) is 18.1 Å². The van der Waals surface area contributed by atoms with Crippen molar-refractivity contribution in [1.82, 2.24) is 0 Å². The van der Waals surface area contributed by atoms with Crippen molar-refractivity contribution in [3.8, 4) is 5.75 Å². The van der Waals surface area contributed by atoms with Crippen molar-refractivity contribution in [1.29, 1.82) is 0 Å². The zero-order valence-corrected chi connectivity index (χ0v) is 13.8. The van der Waals surface area contributed by atoms with Crippen LogP contribution in [0.2, 0.25) is 0 Å². The van der Waals surface area contributed by atoms with Gasteiger partial charge < -0.3 is 14.7 Å². The summed E-state index contributed by atoms with van der Waals surface area (Å²) in [5.41, 5.74) is 0.793. The molecule has 1 fully saturated rings. The molecule has 23 heavy (non-hydrogen) atoms. The molecule has 1 aromatic rings. The fraction of sp³-hybridized carbons (Fsp3) is 0.556. The van der Waals surface area contributed by atoms with E-state index in [4.69, 9.17) is 9.84 Å². The summed E-state index contributed by atoms with van der Waals surface area (Å²) in [4.78, 5) is 24.6. The van der Waals surface area contributed by atoms with E-state index < -0.39 is 5.97 Å². The van der Waals surface area contributed by atoms with E-state index in [1.165, 1.54) is 12.8 Å². The Hall–Kier alpha value is -2.04. The minimum Gasteiger partial charge on any atom is -0.482 e. The molecule has 0 radical (unpaired) electrons. The van der Waals surface area contributed by atoms with E-state index >= 15 is 0 Å². The summed E-state index contributed by atoms with van der Waals surface area (Å²) < 4.78 is 5.09. The molecule has 5 heteroatoms. The lowest BCUT2D eigenvalue weighted by molar-refractivity contribution is -0.139. The number of aliphatic carboxylic acids is 1. The maximum atomic E-state index is 12.4. The first kappa shape index (κ1) is 17.3. The fourth-order valence-corrected chi connectivity index (χ4v) is 3.18. The molecule has 1 aromatic carbocycles. The minimum absolute atomic E-state index is 0.128. The van der Waals surface area contributed by atoms with Crippen LogP contribution in [0.25, 0.3) is 0 Å². The molecule has 0 spiro atoms. The zero-order chi connectivity index (χ0) is 16.8. The molecule has 2 unspecified atom stereocenters. The Morgan fingerprint density at radius 1 is 1.26 bits per heavy atom. The third-order valence-electron chi connectivity index (χ3n) is 4.47. The Balaban J connectivity index is 1.89. The van der Waals surface area contributed by atoms with Crippen molar-refractivity contribution in [3.05, 3.63) is 24.3 Å². The van der Waals surface area contributed by atoms with Gasteiger partial charge in [-0.1, -0.05) is 19.8 Å². The lowest BCUT2D eigenvalue weighted by Gasteiger charge is -2.28. The molecule has 126 valence electrons. The second-order valence-electron chi connectivity index (χ2n) is 6.47. The van der Waals surface area contributed by atoms with Gasteiger partial charge in [-0.05, 0) is 48.9 Å². The normalized spacial score (nSPS) is 20.8. The number of ether oxygens (including phenoxy) is 1. The van der Waals surface area contributed by atoms with E-state index in [0.717, 1.165) is 24.4 Å². The van der Waals surface area contributed by atoms with Gasteiger partial charge in [-0.15, -0.1) is 0 Å². The van der Waals surface area contributed by atoms with Gasteiger partial charge in [0.05, 0.1) is 0 Å². The number of hydrogen-bond acceptors (Lipinski definition) is 3. The number of anilines is 1. The van der Waals surface area contributed by atoms with E-state index in [1.54, 1.807) is 36.2 Å². The molecule has 0 aromatic heterocycles. The van der Waals surface area contributed by atoms with Crippen molar-refractivity contribution in [2.24, 2.45) is 11.8 Å². The van der Waals surface area contributed by atoms with Gasteiger partial charge in [0.1, 0.15) is 5.75 Å². The number of carboxylic acids is 1. The van der Waals surface area contributed by atoms with Crippen molar-refractivity contribution >= 4 is 17.6 Å². The monoisotopic (exact) mass is 319 g/mol. The molecule has 1 saturated carbocycles. The Kier molecular flexibility index (Phi) is 6.02. The van der Waals surface area contributed by atoms with Crippen LogP contribution in [0.3, 0.4) is 0 Å². The van der Waals surface area contributed by atoms with Crippen LogP contribution in [0, 0.1) is 11.8 Å². The summed E-state index contributed by atoms with van der Waals surface area (Å²) in [5, 5.41) is 8.59. The topological polar surface area (TPSA) is 66.8 Å². The lowest BCUT2D eigenvalue weighted by Crippen LogP contribution is -2.29. The Morgan fingerprint density at radius 3 is 2.57 bits per heavy atom. The van der Waals surface area contributed by atoms with Gasteiger partial charge >= 0.3 is 5.97 Å². The molecule has 1 aliphatic rings. The second-order valence-corrected chi connectivity index (χ2v) is 6.47. The Labute approximate surface area is 137 Å². The van der Waals surface area contributed by atoms with Crippen LogP contribution in [0.15, 0.2) is 24.3 Å². The van der Waals surface area contributed by atoms with Crippen LogP contribution in [0.1, 0.15) is 39.0 Å². The summed E-state index contributed by atoms with van der Waals surface area (Å²) in [6.45, 7) is 1.89. The van der Waals surface area contributed by atoms with E-state index in [1.807, 2.05) is 0 Å². The molecular formula is C18H25NO4. The fourth-order valence-electron chi connectivity index (χ4n) is 3.18. The van der Waals surface area contributed by atoms with Gasteiger partial charge in [-0.25, -0.2) is 4.79 Å². The van der Waals surface area contributed by atoms with Crippen LogP contribution < -0.4 is 9.64 Å². The molecule has 1 amide bonds.